The molecule has 20 heavy (non-hydrogen) atoms. The molecule has 4 heteroatoms. The maximum atomic E-state index is 10.2. The average molecular weight is 309 g/mol. The molecule has 0 saturated heterocycles. The van der Waals surface area contributed by atoms with Gasteiger partial charge in [-0.2, -0.15) is 0 Å². The summed E-state index contributed by atoms with van der Waals surface area (Å²) in [7, 11) is 2.15. The zero-order valence-corrected chi connectivity index (χ0v) is 13.2. The molecular formula is C16H19ClNOS+. The first kappa shape index (κ1) is 13.9. The molecule has 0 amide bonds. The van der Waals surface area contributed by atoms with Crippen molar-refractivity contribution in [1.82, 2.24) is 0 Å². The second-order valence-electron chi connectivity index (χ2n) is 5.62. The third-order valence-electron chi connectivity index (χ3n) is 3.89. The van der Waals surface area contributed by atoms with Crippen LogP contribution in [0, 0.1) is 0 Å². The number of halogens is 1. The van der Waals surface area contributed by atoms with Crippen molar-refractivity contribution < 1.29 is 10.0 Å². The molecule has 106 valence electrons. The Bertz CT molecular complexity index is 623. The number of phenolic OH excluding ortho intramolecular Hbond substituents is 1. The number of aromatic hydroxyl groups is 1. The summed E-state index contributed by atoms with van der Waals surface area (Å²) in [4.78, 5) is 2.64. The monoisotopic (exact) mass is 308 g/mol. The van der Waals surface area contributed by atoms with Gasteiger partial charge in [-0.1, -0.05) is 11.6 Å². The summed E-state index contributed by atoms with van der Waals surface area (Å²) in [5.74, 6) is 0.453. The molecule has 1 atom stereocenters. The van der Waals surface area contributed by atoms with Gasteiger partial charge in [-0.05, 0) is 54.7 Å². The van der Waals surface area contributed by atoms with E-state index in [0.717, 1.165) is 35.8 Å². The first-order chi connectivity index (χ1) is 9.61. The SMILES string of the molecule is C[NH+](Cc1ccc(Cl)s1)Cc1cc2c(cc1O)CCC2. The maximum absolute atomic E-state index is 10.2. The van der Waals surface area contributed by atoms with Crippen molar-refractivity contribution in [3.05, 3.63) is 50.2 Å². The van der Waals surface area contributed by atoms with Gasteiger partial charge in [-0.15, -0.1) is 11.3 Å². The normalized spacial score (nSPS) is 15.3. The van der Waals surface area contributed by atoms with Gasteiger partial charge in [-0.25, -0.2) is 0 Å². The number of nitrogens with one attached hydrogen (secondary N) is 1. The lowest BCUT2D eigenvalue weighted by Crippen LogP contribution is -3.06. The van der Waals surface area contributed by atoms with Crippen LogP contribution in [-0.2, 0) is 25.9 Å². The van der Waals surface area contributed by atoms with Gasteiger partial charge in [0.15, 0.2) is 0 Å². The fourth-order valence-electron chi connectivity index (χ4n) is 2.94. The van der Waals surface area contributed by atoms with Gasteiger partial charge < -0.3 is 10.0 Å². The molecule has 0 aliphatic heterocycles. The van der Waals surface area contributed by atoms with Crippen LogP contribution in [0.25, 0.3) is 0 Å². The Balaban J connectivity index is 1.71. The van der Waals surface area contributed by atoms with Gasteiger partial charge in [0.25, 0.3) is 0 Å². The third-order valence-corrected chi connectivity index (χ3v) is 5.12. The van der Waals surface area contributed by atoms with Crippen molar-refractivity contribution in [2.75, 3.05) is 7.05 Å². The van der Waals surface area contributed by atoms with E-state index in [9.17, 15) is 5.11 Å². The molecule has 1 heterocycles. The molecule has 0 bridgehead atoms. The molecule has 1 unspecified atom stereocenters. The molecule has 0 radical (unpaired) electrons. The summed E-state index contributed by atoms with van der Waals surface area (Å²) < 4.78 is 0.841. The largest absolute Gasteiger partial charge is 0.507 e. The van der Waals surface area contributed by atoms with Crippen molar-refractivity contribution in [2.24, 2.45) is 0 Å². The molecule has 1 aliphatic carbocycles. The lowest BCUT2D eigenvalue weighted by atomic mass is 10.0. The van der Waals surface area contributed by atoms with Crippen LogP contribution in [0.3, 0.4) is 0 Å². The summed E-state index contributed by atoms with van der Waals surface area (Å²) in [5, 5.41) is 10.2. The molecule has 3 rings (SSSR count). The van der Waals surface area contributed by atoms with Crippen LogP contribution >= 0.6 is 22.9 Å². The quantitative estimate of drug-likeness (QED) is 0.892. The Kier molecular flexibility index (Phi) is 4.01. The Morgan fingerprint density at radius 1 is 1.20 bits per heavy atom. The lowest BCUT2D eigenvalue weighted by Gasteiger charge is -2.15. The van der Waals surface area contributed by atoms with E-state index in [0.29, 0.717) is 5.75 Å². The van der Waals surface area contributed by atoms with Gasteiger partial charge in [-0.3, -0.25) is 0 Å². The van der Waals surface area contributed by atoms with E-state index in [2.05, 4.69) is 19.2 Å². The smallest absolute Gasteiger partial charge is 0.124 e. The third kappa shape index (κ3) is 3.00. The minimum Gasteiger partial charge on any atom is -0.507 e. The maximum Gasteiger partial charge on any atom is 0.124 e. The Morgan fingerprint density at radius 2 is 1.95 bits per heavy atom. The summed E-state index contributed by atoms with van der Waals surface area (Å²) in [6.07, 6.45) is 3.48. The molecule has 2 N–H and O–H groups in total. The topological polar surface area (TPSA) is 24.7 Å². The zero-order valence-electron chi connectivity index (χ0n) is 11.6. The molecule has 1 aromatic carbocycles. The van der Waals surface area contributed by atoms with Crippen molar-refractivity contribution in [1.29, 1.82) is 0 Å². The number of fused-ring (bicyclic) bond motifs is 1. The highest BCUT2D eigenvalue weighted by Gasteiger charge is 2.17. The van der Waals surface area contributed by atoms with E-state index in [1.807, 2.05) is 12.1 Å². The van der Waals surface area contributed by atoms with E-state index in [1.165, 1.54) is 27.3 Å². The van der Waals surface area contributed by atoms with Crippen molar-refractivity contribution in [3.63, 3.8) is 0 Å². The number of phenols is 1. The number of aryl methyl sites for hydroxylation is 2. The van der Waals surface area contributed by atoms with Crippen LogP contribution < -0.4 is 4.90 Å². The fourth-order valence-corrected chi connectivity index (χ4v) is 4.14. The van der Waals surface area contributed by atoms with E-state index in [4.69, 9.17) is 11.6 Å². The van der Waals surface area contributed by atoms with Gasteiger partial charge in [0.2, 0.25) is 0 Å². The van der Waals surface area contributed by atoms with E-state index >= 15 is 0 Å². The summed E-state index contributed by atoms with van der Waals surface area (Å²) >= 11 is 7.60. The van der Waals surface area contributed by atoms with Crippen molar-refractivity contribution >= 4 is 22.9 Å². The number of quaternary nitrogens is 1. The number of rotatable bonds is 4. The second-order valence-corrected chi connectivity index (χ2v) is 7.42. The van der Waals surface area contributed by atoms with Crippen LogP contribution in [0.2, 0.25) is 4.34 Å². The molecular weight excluding hydrogens is 290 g/mol. The zero-order chi connectivity index (χ0) is 14.1. The van der Waals surface area contributed by atoms with Crippen molar-refractivity contribution in [3.8, 4) is 5.75 Å². The van der Waals surface area contributed by atoms with Gasteiger partial charge in [0.1, 0.15) is 18.8 Å². The molecule has 2 aromatic rings. The Labute approximate surface area is 128 Å². The Morgan fingerprint density at radius 3 is 2.65 bits per heavy atom. The first-order valence-corrected chi connectivity index (χ1v) is 8.20. The summed E-state index contributed by atoms with van der Waals surface area (Å²) in [6, 6.07) is 8.19. The molecule has 1 aromatic heterocycles. The molecule has 1 aliphatic rings. The standard InChI is InChI=1S/C16H18ClNOS/c1-18(10-14-5-6-16(17)20-14)9-13-7-11-3-2-4-12(11)8-15(13)19/h5-8,19H,2-4,9-10H2,1H3/p+1. The van der Waals surface area contributed by atoms with Gasteiger partial charge >= 0.3 is 0 Å². The number of thiophene rings is 1. The molecule has 2 nitrogen and oxygen atoms in total. The second kappa shape index (κ2) is 5.76. The van der Waals surface area contributed by atoms with Crippen LogP contribution in [0.1, 0.15) is 28.0 Å². The summed E-state index contributed by atoms with van der Waals surface area (Å²) in [6.45, 7) is 1.78. The number of hydrogen-bond donors (Lipinski definition) is 2. The van der Waals surface area contributed by atoms with Gasteiger partial charge in [0, 0.05) is 5.56 Å². The van der Waals surface area contributed by atoms with E-state index < -0.39 is 0 Å². The average Bonchev–Trinajstić information content (AvgIpc) is 2.98. The molecule has 0 saturated carbocycles. The number of hydrogen-bond acceptors (Lipinski definition) is 2. The summed E-state index contributed by atoms with van der Waals surface area (Å²) in [5.41, 5.74) is 3.81. The predicted octanol–water partition coefficient (Wildman–Crippen LogP) is 2.81. The predicted molar refractivity (Wildman–Crippen MR) is 83.8 cm³/mol. The Hall–Kier alpha value is -1.03. The highest BCUT2D eigenvalue weighted by atomic mass is 35.5. The van der Waals surface area contributed by atoms with Crippen LogP contribution in [0.15, 0.2) is 24.3 Å². The van der Waals surface area contributed by atoms with Crippen molar-refractivity contribution in [2.45, 2.75) is 32.4 Å². The lowest BCUT2D eigenvalue weighted by molar-refractivity contribution is -0.907. The highest BCUT2D eigenvalue weighted by molar-refractivity contribution is 7.16. The van der Waals surface area contributed by atoms with Crippen LogP contribution in [-0.4, -0.2) is 12.2 Å². The number of benzene rings is 1. The first-order valence-electron chi connectivity index (χ1n) is 7.01. The van der Waals surface area contributed by atoms with Gasteiger partial charge in [0.05, 0.1) is 16.3 Å². The fraction of sp³-hybridized carbons (Fsp3) is 0.375. The van der Waals surface area contributed by atoms with E-state index in [1.54, 1.807) is 11.3 Å². The molecule has 0 spiro atoms. The van der Waals surface area contributed by atoms with E-state index in [-0.39, 0.29) is 0 Å². The minimum atomic E-state index is 0.453. The van der Waals surface area contributed by atoms with Crippen LogP contribution in [0.5, 0.6) is 5.75 Å². The van der Waals surface area contributed by atoms with Crippen LogP contribution in [0.4, 0.5) is 0 Å². The molecule has 0 fully saturated rings. The highest BCUT2D eigenvalue weighted by Crippen LogP contribution is 2.28. The minimum absolute atomic E-state index is 0.453.